The summed E-state index contributed by atoms with van der Waals surface area (Å²) in [6, 6.07) is 7.11. The SMILES string of the molecule is CCOc1cc2c(cc1CNC(=O)c1ccnc(Cl)c1)O[C@@H](C)C2. The van der Waals surface area contributed by atoms with Crippen LogP contribution in [0, 0.1) is 0 Å². The third kappa shape index (κ3) is 3.62. The van der Waals surface area contributed by atoms with Crippen molar-refractivity contribution in [2.75, 3.05) is 6.61 Å². The molecule has 6 heteroatoms. The molecule has 0 radical (unpaired) electrons. The van der Waals surface area contributed by atoms with Crippen molar-refractivity contribution in [2.45, 2.75) is 32.9 Å². The van der Waals surface area contributed by atoms with E-state index in [1.807, 2.05) is 26.0 Å². The van der Waals surface area contributed by atoms with E-state index in [1.54, 1.807) is 6.07 Å². The van der Waals surface area contributed by atoms with Gasteiger partial charge in [0.05, 0.1) is 6.61 Å². The monoisotopic (exact) mass is 346 g/mol. The molecule has 0 saturated carbocycles. The molecule has 0 saturated heterocycles. The number of halogens is 1. The Kier molecular flexibility index (Phi) is 4.90. The Hall–Kier alpha value is -2.27. The van der Waals surface area contributed by atoms with Crippen molar-refractivity contribution in [2.24, 2.45) is 0 Å². The number of nitrogens with one attached hydrogen (secondary N) is 1. The Morgan fingerprint density at radius 3 is 3.04 bits per heavy atom. The van der Waals surface area contributed by atoms with Gasteiger partial charge in [-0.2, -0.15) is 0 Å². The van der Waals surface area contributed by atoms with Gasteiger partial charge in [0.2, 0.25) is 0 Å². The summed E-state index contributed by atoms with van der Waals surface area (Å²) in [5.41, 5.74) is 2.50. The maximum atomic E-state index is 12.3. The van der Waals surface area contributed by atoms with Crippen LogP contribution in [0.5, 0.6) is 11.5 Å². The molecule has 126 valence electrons. The second-order valence-electron chi connectivity index (χ2n) is 5.68. The summed E-state index contributed by atoms with van der Waals surface area (Å²) in [4.78, 5) is 16.1. The van der Waals surface area contributed by atoms with Gasteiger partial charge in [0.25, 0.3) is 5.91 Å². The molecule has 1 aromatic heterocycles. The first-order valence-electron chi connectivity index (χ1n) is 7.91. The number of benzene rings is 1. The van der Waals surface area contributed by atoms with Crippen molar-refractivity contribution in [1.82, 2.24) is 10.3 Å². The van der Waals surface area contributed by atoms with Gasteiger partial charge in [0.15, 0.2) is 0 Å². The summed E-state index contributed by atoms with van der Waals surface area (Å²) in [6.07, 6.45) is 2.55. The van der Waals surface area contributed by atoms with Crippen LogP contribution in [0.15, 0.2) is 30.5 Å². The van der Waals surface area contributed by atoms with Gasteiger partial charge in [0, 0.05) is 35.9 Å². The molecule has 24 heavy (non-hydrogen) atoms. The highest BCUT2D eigenvalue weighted by atomic mass is 35.5. The quantitative estimate of drug-likeness (QED) is 0.843. The number of pyridine rings is 1. The number of ether oxygens (including phenoxy) is 2. The molecular formula is C18H19ClN2O3. The molecule has 1 amide bonds. The Labute approximate surface area is 145 Å². The van der Waals surface area contributed by atoms with E-state index < -0.39 is 0 Å². The molecule has 0 spiro atoms. The van der Waals surface area contributed by atoms with Gasteiger partial charge in [-0.3, -0.25) is 4.79 Å². The minimum Gasteiger partial charge on any atom is -0.494 e. The van der Waals surface area contributed by atoms with Crippen molar-refractivity contribution in [3.8, 4) is 11.5 Å². The second kappa shape index (κ2) is 7.09. The standard InChI is InChI=1S/C18H19ClN2O3/c1-3-23-15-7-13-6-11(2)24-16(13)8-14(15)10-21-18(22)12-4-5-20-17(19)9-12/h4-5,7-9,11H,3,6,10H2,1-2H3,(H,21,22)/t11-/m0/s1. The molecule has 0 unspecified atom stereocenters. The lowest BCUT2D eigenvalue weighted by Gasteiger charge is -2.13. The predicted molar refractivity (Wildman–Crippen MR) is 91.8 cm³/mol. The van der Waals surface area contributed by atoms with Crippen molar-refractivity contribution in [3.05, 3.63) is 52.3 Å². The highest BCUT2D eigenvalue weighted by molar-refractivity contribution is 6.29. The van der Waals surface area contributed by atoms with Crippen LogP contribution in [-0.2, 0) is 13.0 Å². The van der Waals surface area contributed by atoms with Crippen molar-refractivity contribution >= 4 is 17.5 Å². The first-order valence-corrected chi connectivity index (χ1v) is 8.29. The van der Waals surface area contributed by atoms with Gasteiger partial charge in [-0.15, -0.1) is 0 Å². The largest absolute Gasteiger partial charge is 0.494 e. The lowest BCUT2D eigenvalue weighted by molar-refractivity contribution is 0.0950. The van der Waals surface area contributed by atoms with Crippen LogP contribution >= 0.6 is 11.6 Å². The number of fused-ring (bicyclic) bond motifs is 1. The summed E-state index contributed by atoms with van der Waals surface area (Å²) >= 11 is 5.82. The molecule has 1 N–H and O–H groups in total. The predicted octanol–water partition coefficient (Wildman–Crippen LogP) is 3.39. The minimum atomic E-state index is -0.212. The van der Waals surface area contributed by atoms with Crippen molar-refractivity contribution in [1.29, 1.82) is 0 Å². The van der Waals surface area contributed by atoms with Crippen molar-refractivity contribution in [3.63, 3.8) is 0 Å². The lowest BCUT2D eigenvalue weighted by Crippen LogP contribution is -2.23. The minimum absolute atomic E-state index is 0.165. The average molecular weight is 347 g/mol. The number of nitrogens with zero attached hydrogens (tertiary/aromatic N) is 1. The van der Waals surface area contributed by atoms with Gasteiger partial charge in [-0.25, -0.2) is 4.98 Å². The molecule has 5 nitrogen and oxygen atoms in total. The number of amides is 1. The molecule has 0 fully saturated rings. The molecule has 0 bridgehead atoms. The number of hydrogen-bond acceptors (Lipinski definition) is 4. The summed E-state index contributed by atoms with van der Waals surface area (Å²) < 4.78 is 11.5. The van der Waals surface area contributed by atoms with Crippen LogP contribution in [0.2, 0.25) is 5.15 Å². The third-order valence-corrected chi connectivity index (χ3v) is 4.01. The van der Waals surface area contributed by atoms with E-state index in [2.05, 4.69) is 10.3 Å². The zero-order valence-electron chi connectivity index (χ0n) is 13.6. The Morgan fingerprint density at radius 1 is 1.46 bits per heavy atom. The van der Waals surface area contributed by atoms with E-state index >= 15 is 0 Å². The Balaban J connectivity index is 1.77. The van der Waals surface area contributed by atoms with E-state index in [0.29, 0.717) is 18.7 Å². The number of carbonyl (C=O) groups excluding carboxylic acids is 1. The Morgan fingerprint density at radius 2 is 2.29 bits per heavy atom. The van der Waals surface area contributed by atoms with E-state index in [9.17, 15) is 4.79 Å². The fourth-order valence-corrected chi connectivity index (χ4v) is 2.90. The molecule has 3 rings (SSSR count). The second-order valence-corrected chi connectivity index (χ2v) is 6.07. The van der Waals surface area contributed by atoms with Gasteiger partial charge in [0.1, 0.15) is 22.8 Å². The maximum Gasteiger partial charge on any atom is 0.251 e. The average Bonchev–Trinajstić information content (AvgIpc) is 2.91. The third-order valence-electron chi connectivity index (χ3n) is 3.81. The summed E-state index contributed by atoms with van der Waals surface area (Å²) in [5.74, 6) is 1.43. The maximum absolute atomic E-state index is 12.3. The summed E-state index contributed by atoms with van der Waals surface area (Å²) in [5, 5.41) is 3.17. The van der Waals surface area contributed by atoms with E-state index in [-0.39, 0.29) is 17.2 Å². The van der Waals surface area contributed by atoms with Crippen LogP contribution in [0.3, 0.4) is 0 Å². The van der Waals surface area contributed by atoms with Gasteiger partial charge in [-0.05, 0) is 38.1 Å². The molecule has 1 aliphatic rings. The molecule has 2 aromatic rings. The molecule has 0 aliphatic carbocycles. The molecule has 1 aliphatic heterocycles. The van der Waals surface area contributed by atoms with Crippen molar-refractivity contribution < 1.29 is 14.3 Å². The van der Waals surface area contributed by atoms with Gasteiger partial charge in [-0.1, -0.05) is 11.6 Å². The summed E-state index contributed by atoms with van der Waals surface area (Å²) in [6.45, 7) is 4.89. The zero-order valence-corrected chi connectivity index (χ0v) is 14.4. The molecule has 2 heterocycles. The highest BCUT2D eigenvalue weighted by Crippen LogP contribution is 2.35. The smallest absolute Gasteiger partial charge is 0.251 e. The van der Waals surface area contributed by atoms with Gasteiger partial charge < -0.3 is 14.8 Å². The lowest BCUT2D eigenvalue weighted by atomic mass is 10.1. The van der Waals surface area contributed by atoms with Gasteiger partial charge >= 0.3 is 0 Å². The van der Waals surface area contributed by atoms with E-state index in [1.165, 1.54) is 12.3 Å². The molecular weight excluding hydrogens is 328 g/mol. The molecule has 1 atom stereocenters. The fraction of sp³-hybridized carbons (Fsp3) is 0.333. The number of carbonyl (C=O) groups is 1. The number of aromatic nitrogens is 1. The van der Waals surface area contributed by atoms with E-state index in [0.717, 1.165) is 29.0 Å². The van der Waals surface area contributed by atoms with Crippen LogP contribution in [0.4, 0.5) is 0 Å². The fourth-order valence-electron chi connectivity index (χ4n) is 2.73. The van der Waals surface area contributed by atoms with Crippen LogP contribution in [0.25, 0.3) is 0 Å². The van der Waals surface area contributed by atoms with E-state index in [4.69, 9.17) is 21.1 Å². The Bertz CT molecular complexity index is 764. The highest BCUT2D eigenvalue weighted by Gasteiger charge is 2.22. The number of rotatable bonds is 5. The summed E-state index contributed by atoms with van der Waals surface area (Å²) in [7, 11) is 0. The molecule has 1 aromatic carbocycles. The van der Waals surface area contributed by atoms with Crippen LogP contribution in [0.1, 0.15) is 35.3 Å². The number of hydrogen-bond donors (Lipinski definition) is 1. The first-order chi connectivity index (χ1) is 11.6. The normalized spacial score (nSPS) is 15.5. The van der Waals surface area contributed by atoms with Crippen LogP contribution in [-0.4, -0.2) is 23.6 Å². The van der Waals surface area contributed by atoms with Crippen LogP contribution < -0.4 is 14.8 Å². The first kappa shape index (κ1) is 16.6. The zero-order chi connectivity index (χ0) is 17.1. The topological polar surface area (TPSA) is 60.5 Å².